The van der Waals surface area contributed by atoms with Crippen molar-refractivity contribution in [1.82, 2.24) is 30.0 Å². The van der Waals surface area contributed by atoms with Crippen molar-refractivity contribution in [3.63, 3.8) is 0 Å². The number of hydrogen-bond donors (Lipinski definition) is 3. The Morgan fingerprint density at radius 1 is 1.16 bits per heavy atom. The Bertz CT molecular complexity index is 1300. The average molecular weight is 545 g/mol. The maximum absolute atomic E-state index is 12.6. The van der Waals surface area contributed by atoms with Crippen LogP contribution in [0.1, 0.15) is 12.5 Å². The highest BCUT2D eigenvalue weighted by Crippen LogP contribution is 2.51. The highest BCUT2D eigenvalue weighted by molar-refractivity contribution is 7.85. The van der Waals surface area contributed by atoms with Gasteiger partial charge in [-0.25, -0.2) is 18.0 Å². The van der Waals surface area contributed by atoms with E-state index in [0.717, 1.165) is 32.6 Å². The van der Waals surface area contributed by atoms with Gasteiger partial charge < -0.3 is 20.1 Å². The van der Waals surface area contributed by atoms with Gasteiger partial charge in [0.05, 0.1) is 11.6 Å². The van der Waals surface area contributed by atoms with E-state index >= 15 is 0 Å². The molecule has 0 radical (unpaired) electrons. The molecule has 1 aromatic carbocycles. The van der Waals surface area contributed by atoms with E-state index in [0.29, 0.717) is 49.1 Å². The molecule has 38 heavy (non-hydrogen) atoms. The summed E-state index contributed by atoms with van der Waals surface area (Å²) >= 11 is 0. The molecule has 1 aromatic heterocycles. The minimum atomic E-state index is -4.22. The zero-order valence-corrected chi connectivity index (χ0v) is 22.2. The summed E-state index contributed by atoms with van der Waals surface area (Å²) in [5, 5.41) is 8.67. The van der Waals surface area contributed by atoms with Gasteiger partial charge in [0.15, 0.2) is 0 Å². The van der Waals surface area contributed by atoms with Crippen molar-refractivity contribution in [3.05, 3.63) is 52.6 Å². The molecule has 3 heterocycles. The Kier molecular flexibility index (Phi) is 7.82. The summed E-state index contributed by atoms with van der Waals surface area (Å²) in [7, 11) is -4.22. The number of nitrogens with one attached hydrogen (secondary N) is 3. The van der Waals surface area contributed by atoms with Crippen LogP contribution >= 0.6 is 0 Å². The van der Waals surface area contributed by atoms with Gasteiger partial charge in [0.2, 0.25) is 0 Å². The lowest BCUT2D eigenvalue weighted by Crippen LogP contribution is -2.48. The number of urea groups is 1. The van der Waals surface area contributed by atoms with Gasteiger partial charge in [0.1, 0.15) is 15.9 Å². The lowest BCUT2D eigenvalue weighted by atomic mass is 10.0. The molecule has 2 aliphatic heterocycles. The fourth-order valence-electron chi connectivity index (χ4n) is 5.68. The Labute approximate surface area is 222 Å². The molecular weight excluding hydrogens is 510 g/mol. The Morgan fingerprint density at radius 3 is 2.47 bits per heavy atom. The van der Waals surface area contributed by atoms with Gasteiger partial charge in [-0.2, -0.15) is 4.98 Å². The second-order valence-corrected chi connectivity index (χ2v) is 11.9. The van der Waals surface area contributed by atoms with Crippen molar-refractivity contribution < 1.29 is 17.8 Å². The first kappa shape index (κ1) is 26.8. The number of nitrogens with zero attached hydrogens (tertiary/aromatic N) is 4. The summed E-state index contributed by atoms with van der Waals surface area (Å²) in [4.78, 5) is 33.2. The largest absolute Gasteiger partial charge is 0.747 e. The van der Waals surface area contributed by atoms with Crippen LogP contribution in [0.15, 0.2) is 41.3 Å². The van der Waals surface area contributed by atoms with Gasteiger partial charge in [0.25, 0.3) is 0 Å². The van der Waals surface area contributed by atoms with E-state index in [2.05, 4.69) is 32.8 Å². The van der Waals surface area contributed by atoms with Crippen LogP contribution in [0, 0.1) is 17.8 Å². The topological polar surface area (TPSA) is 152 Å². The van der Waals surface area contributed by atoms with Gasteiger partial charge in [0, 0.05) is 51.5 Å². The van der Waals surface area contributed by atoms with Crippen LogP contribution in [-0.4, -0.2) is 96.1 Å². The fraction of sp³-hybridized carbons (Fsp3) is 0.560. The molecule has 2 unspecified atom stereocenters. The number of piperazine rings is 1. The number of hydrogen-bond acceptors (Lipinski definition) is 9. The summed E-state index contributed by atoms with van der Waals surface area (Å²) < 4.78 is 33.7. The van der Waals surface area contributed by atoms with E-state index in [1.165, 1.54) is 10.1 Å². The molecule has 206 valence electrons. The van der Waals surface area contributed by atoms with Crippen molar-refractivity contribution in [3.8, 4) is 5.69 Å². The lowest BCUT2D eigenvalue weighted by molar-refractivity contribution is 0.203. The predicted molar refractivity (Wildman–Crippen MR) is 141 cm³/mol. The predicted octanol–water partition coefficient (Wildman–Crippen LogP) is -0.129. The van der Waals surface area contributed by atoms with Gasteiger partial charge in [-0.15, -0.1) is 0 Å². The van der Waals surface area contributed by atoms with Crippen molar-refractivity contribution in [2.75, 3.05) is 57.0 Å². The van der Waals surface area contributed by atoms with Crippen molar-refractivity contribution >= 4 is 22.0 Å². The van der Waals surface area contributed by atoms with E-state index in [1.807, 2.05) is 24.3 Å². The van der Waals surface area contributed by atoms with Crippen LogP contribution in [0.25, 0.3) is 5.69 Å². The monoisotopic (exact) mass is 544 g/mol. The molecule has 1 saturated carbocycles. The van der Waals surface area contributed by atoms with E-state index in [-0.39, 0.29) is 11.8 Å². The number of benzene rings is 1. The summed E-state index contributed by atoms with van der Waals surface area (Å²) in [6.07, 6.45) is 2.50. The summed E-state index contributed by atoms with van der Waals surface area (Å²) in [5.41, 5.74) is 1.41. The number of piperidine rings is 1. The summed E-state index contributed by atoms with van der Waals surface area (Å²) in [6, 6.07) is 9.56. The molecule has 2 amide bonds. The van der Waals surface area contributed by atoms with Gasteiger partial charge in [-0.1, -0.05) is 12.1 Å². The van der Waals surface area contributed by atoms with Crippen molar-refractivity contribution in [1.29, 1.82) is 0 Å². The Balaban J connectivity index is 1.11. The first-order valence-electron chi connectivity index (χ1n) is 13.0. The van der Waals surface area contributed by atoms with Crippen LogP contribution in [0.4, 0.5) is 10.6 Å². The second-order valence-electron chi connectivity index (χ2n) is 10.5. The number of anilines is 1. The Morgan fingerprint density at radius 2 is 1.84 bits per heavy atom. The van der Waals surface area contributed by atoms with E-state index in [9.17, 15) is 22.6 Å². The Hall–Kier alpha value is -2.84. The minimum absolute atomic E-state index is 0.234. The van der Waals surface area contributed by atoms with Crippen LogP contribution in [0.5, 0.6) is 0 Å². The third-order valence-corrected chi connectivity index (χ3v) is 8.43. The summed E-state index contributed by atoms with van der Waals surface area (Å²) in [5.74, 6) is 1.31. The van der Waals surface area contributed by atoms with Crippen molar-refractivity contribution in [2.45, 2.75) is 19.4 Å². The third kappa shape index (κ3) is 6.41. The maximum atomic E-state index is 12.6. The molecule has 0 spiro atoms. The summed E-state index contributed by atoms with van der Waals surface area (Å²) in [6.45, 7) is 7.47. The molecule has 12 nitrogen and oxygen atoms in total. The van der Waals surface area contributed by atoms with Gasteiger partial charge >= 0.3 is 11.7 Å². The van der Waals surface area contributed by atoms with Crippen LogP contribution < -0.4 is 21.6 Å². The highest BCUT2D eigenvalue weighted by atomic mass is 32.2. The molecule has 3 fully saturated rings. The zero-order valence-electron chi connectivity index (χ0n) is 21.4. The number of rotatable bonds is 9. The van der Waals surface area contributed by atoms with E-state index in [4.69, 9.17) is 0 Å². The molecule has 2 aromatic rings. The van der Waals surface area contributed by atoms with Gasteiger partial charge in [-0.3, -0.25) is 14.8 Å². The molecule has 2 saturated heterocycles. The molecule has 3 aliphatic rings. The molecule has 3 N–H and O–H groups in total. The SMILES string of the molecule is CC(Cc1ccc(-n2ccc(NC(=O)N3CCNCC3)nc2=O)cc1)N1C[C@@H]2C(CNCS(=O)(=O)[O-])[C@@H]2C1. The van der Waals surface area contributed by atoms with Crippen LogP contribution in [0.2, 0.25) is 0 Å². The molecule has 0 bridgehead atoms. The molecule has 1 aliphatic carbocycles. The van der Waals surface area contributed by atoms with Crippen LogP contribution in [-0.2, 0) is 16.5 Å². The number of likely N-dealkylation sites (tertiary alicyclic amines) is 1. The number of carbonyl (C=O) groups is 1. The third-order valence-electron chi connectivity index (χ3n) is 7.87. The van der Waals surface area contributed by atoms with Crippen LogP contribution in [0.3, 0.4) is 0 Å². The molecule has 4 atom stereocenters. The first-order chi connectivity index (χ1) is 18.2. The second kappa shape index (κ2) is 11.1. The standard InChI is InChI=1S/C25H35N7O5S/c1-17(31-14-21-20(22(21)15-31)13-27-16-38(35,36)37)12-18-2-4-19(5-3-18)32-9-6-23(29-25(32)34)28-24(33)30-10-7-26-8-11-30/h2-6,9,17,20-22,26-27H,7-8,10-16H2,1H3,(H,35,36,37)(H,28,29,33,34)/p-1/t17?,20?,21-,22+. The number of fused-ring (bicyclic) bond motifs is 1. The normalized spacial score (nSPS) is 24.2. The number of aromatic nitrogens is 2. The quantitative estimate of drug-likeness (QED) is 0.367. The smallest absolute Gasteiger partial charge is 0.354 e. The highest BCUT2D eigenvalue weighted by Gasteiger charge is 2.55. The van der Waals surface area contributed by atoms with E-state index in [1.54, 1.807) is 17.2 Å². The fourth-order valence-corrected chi connectivity index (χ4v) is 6.05. The number of carbonyl (C=O) groups excluding carboxylic acids is 1. The van der Waals surface area contributed by atoms with E-state index < -0.39 is 21.7 Å². The molecule has 13 heteroatoms. The van der Waals surface area contributed by atoms with Gasteiger partial charge in [-0.05, 0) is 61.4 Å². The van der Waals surface area contributed by atoms with Crippen molar-refractivity contribution in [2.24, 2.45) is 17.8 Å². The zero-order chi connectivity index (χ0) is 26.9. The average Bonchev–Trinajstić information content (AvgIpc) is 3.32. The maximum Gasteiger partial charge on any atom is 0.354 e. The molecule has 5 rings (SSSR count). The molecular formula is C25H34N7O5S-. The lowest BCUT2D eigenvalue weighted by Gasteiger charge is -2.27. The number of amides is 2. The minimum Gasteiger partial charge on any atom is -0.747 e. The first-order valence-corrected chi connectivity index (χ1v) is 14.6.